The van der Waals surface area contributed by atoms with Gasteiger partial charge in [0.25, 0.3) is 0 Å². The number of rotatable bonds is 1. The number of benzene rings is 2. The van der Waals surface area contributed by atoms with Crippen LogP contribution in [0, 0.1) is 11.3 Å². The first kappa shape index (κ1) is 24.7. The van der Waals surface area contributed by atoms with Gasteiger partial charge in [0.15, 0.2) is 0 Å². The average Bonchev–Trinajstić information content (AvgIpc) is 3.27. The average molecular weight is 503 g/mol. The van der Waals surface area contributed by atoms with Gasteiger partial charge in [0, 0.05) is 11.3 Å². The number of hydrogen-bond donors (Lipinski definition) is 0. The van der Waals surface area contributed by atoms with E-state index in [2.05, 4.69) is 82.3 Å². The molecule has 5 rings (SSSR count). The van der Waals surface area contributed by atoms with Gasteiger partial charge >= 0.3 is 26.2 Å². The van der Waals surface area contributed by atoms with E-state index >= 15 is 0 Å². The van der Waals surface area contributed by atoms with Gasteiger partial charge in [-0.1, -0.05) is 87.9 Å². The molecule has 29 heavy (non-hydrogen) atoms. The zero-order valence-corrected chi connectivity index (χ0v) is 21.6. The molecule has 0 radical (unpaired) electrons. The quantitative estimate of drug-likeness (QED) is 0.463. The first-order valence-electron chi connectivity index (χ1n) is 10.0. The summed E-state index contributed by atoms with van der Waals surface area (Å²) in [4.78, 5) is 0. The molecular formula is C26H28Cl2Zr. The molecule has 3 aliphatic rings. The molecule has 0 heterocycles. The summed E-state index contributed by atoms with van der Waals surface area (Å²) in [6.45, 7) is 9.53. The Morgan fingerprint density at radius 3 is 2.34 bits per heavy atom. The van der Waals surface area contributed by atoms with Crippen molar-refractivity contribution in [2.75, 3.05) is 0 Å². The Morgan fingerprint density at radius 1 is 0.931 bits per heavy atom. The summed E-state index contributed by atoms with van der Waals surface area (Å²) in [6, 6.07) is 16.0. The predicted octanol–water partition coefficient (Wildman–Crippen LogP) is 0.844. The van der Waals surface area contributed by atoms with Crippen molar-refractivity contribution in [1.29, 1.82) is 0 Å². The smallest absolute Gasteiger partial charge is 1.00 e. The van der Waals surface area contributed by atoms with Crippen LogP contribution in [0.3, 0.4) is 0 Å². The van der Waals surface area contributed by atoms with Crippen molar-refractivity contribution in [3.8, 4) is 11.1 Å². The molecule has 0 aliphatic heterocycles. The van der Waals surface area contributed by atoms with Crippen LogP contribution in [-0.4, -0.2) is 0 Å². The maximum atomic E-state index is 2.59. The Hall–Kier alpha value is -0.617. The maximum Gasteiger partial charge on any atom is 2.00 e. The van der Waals surface area contributed by atoms with Crippen LogP contribution in [-0.2, 0) is 38.0 Å². The molecule has 2 aromatic rings. The molecule has 0 bridgehead atoms. The van der Waals surface area contributed by atoms with Gasteiger partial charge < -0.3 is 24.8 Å². The summed E-state index contributed by atoms with van der Waals surface area (Å²) in [5.74, 6) is 0.576. The second kappa shape index (κ2) is 8.49. The summed E-state index contributed by atoms with van der Waals surface area (Å²) < 4.78 is 0. The fourth-order valence-corrected chi connectivity index (χ4v) is 5.47. The van der Waals surface area contributed by atoms with Gasteiger partial charge in [-0.2, -0.15) is 0 Å². The Kier molecular flexibility index (Phi) is 7.22. The number of allylic oxidation sites excluding steroid dienone is 4. The molecule has 1 fully saturated rings. The molecule has 2 aromatic carbocycles. The zero-order valence-electron chi connectivity index (χ0n) is 17.7. The number of halogens is 2. The van der Waals surface area contributed by atoms with Gasteiger partial charge in [0.1, 0.15) is 0 Å². The fraction of sp³-hybridized carbons (Fsp3) is 0.385. The molecule has 0 saturated heterocycles. The van der Waals surface area contributed by atoms with Crippen LogP contribution in [0.1, 0.15) is 57.2 Å². The minimum absolute atomic E-state index is 0. The van der Waals surface area contributed by atoms with Gasteiger partial charge in [0.2, 0.25) is 0 Å². The van der Waals surface area contributed by atoms with E-state index in [9.17, 15) is 0 Å². The van der Waals surface area contributed by atoms with Crippen molar-refractivity contribution in [2.45, 2.75) is 52.4 Å². The van der Waals surface area contributed by atoms with E-state index in [1.807, 2.05) is 0 Å². The van der Waals surface area contributed by atoms with Crippen molar-refractivity contribution in [3.63, 3.8) is 0 Å². The van der Waals surface area contributed by atoms with Gasteiger partial charge in [-0.25, -0.2) is 0 Å². The van der Waals surface area contributed by atoms with E-state index < -0.39 is 0 Å². The van der Waals surface area contributed by atoms with Gasteiger partial charge in [-0.15, -0.1) is 0 Å². The van der Waals surface area contributed by atoms with Crippen LogP contribution in [0.5, 0.6) is 0 Å². The van der Waals surface area contributed by atoms with Crippen LogP contribution in [0.4, 0.5) is 0 Å². The summed E-state index contributed by atoms with van der Waals surface area (Å²) in [7, 11) is 0. The molecule has 1 saturated carbocycles. The summed E-state index contributed by atoms with van der Waals surface area (Å²) in [6.07, 6.45) is 8.70. The van der Waals surface area contributed by atoms with E-state index in [4.69, 9.17) is 0 Å². The van der Waals surface area contributed by atoms with E-state index in [0.29, 0.717) is 5.92 Å². The zero-order chi connectivity index (χ0) is 18.1. The molecule has 2 unspecified atom stereocenters. The molecule has 0 aromatic heterocycles. The van der Waals surface area contributed by atoms with Crippen LogP contribution in [0.25, 0.3) is 11.1 Å². The van der Waals surface area contributed by atoms with Crippen LogP contribution in [0.2, 0.25) is 0 Å². The second-order valence-corrected chi connectivity index (χ2v) is 9.65. The van der Waals surface area contributed by atoms with E-state index in [1.165, 1.54) is 35.1 Å². The Labute approximate surface area is 207 Å². The predicted molar refractivity (Wildman–Crippen MR) is 110 cm³/mol. The summed E-state index contributed by atoms with van der Waals surface area (Å²) in [5, 5.41) is 0. The minimum atomic E-state index is 0. The van der Waals surface area contributed by atoms with Crippen LogP contribution >= 0.6 is 0 Å². The molecule has 150 valence electrons. The molecule has 3 heteroatoms. The van der Waals surface area contributed by atoms with Crippen molar-refractivity contribution >= 4 is 0 Å². The minimum Gasteiger partial charge on any atom is -1.00 e. The van der Waals surface area contributed by atoms with Crippen molar-refractivity contribution < 1.29 is 51.0 Å². The normalized spacial score (nSPS) is 23.5. The van der Waals surface area contributed by atoms with Crippen molar-refractivity contribution in [1.82, 2.24) is 0 Å². The number of hydrogen-bond acceptors (Lipinski definition) is 0. The van der Waals surface area contributed by atoms with Gasteiger partial charge in [-0.3, -0.25) is 0 Å². The molecular weight excluding hydrogens is 474 g/mol. The largest absolute Gasteiger partial charge is 2.00 e. The van der Waals surface area contributed by atoms with E-state index in [0.717, 1.165) is 6.42 Å². The molecule has 0 N–H and O–H groups in total. The topological polar surface area (TPSA) is 0 Å². The molecule has 0 amide bonds. The fourth-order valence-electron chi connectivity index (χ4n) is 5.47. The summed E-state index contributed by atoms with van der Waals surface area (Å²) >= 11 is 0. The third kappa shape index (κ3) is 3.77. The number of fused-ring (bicyclic) bond motifs is 4. The standard InChI is InChI=1S/C26H28.2ClH.Zr/c1-25(2,3)19-14-18-12-13-26(4,24(18)16-19)23-11-7-10-21-20-9-6-5-8-17(20)15-22(21)23;;;/h5-11,14,16,24H,12-13,15H2,1-4H3;2*1H;/q;;;+2/p-2. The summed E-state index contributed by atoms with van der Waals surface area (Å²) in [5.41, 5.74) is 11.2. The van der Waals surface area contributed by atoms with Crippen molar-refractivity contribution in [2.24, 2.45) is 11.3 Å². The molecule has 0 nitrogen and oxygen atoms in total. The Balaban J connectivity index is 0.000001000. The third-order valence-corrected chi connectivity index (χ3v) is 7.04. The molecule has 3 aliphatic carbocycles. The first-order chi connectivity index (χ1) is 12.4. The SMILES string of the molecule is CC(C)(C)C1=CC2C(=C1)CCC2(C)c1cccc2c1Cc1ccccc1-2.[Cl-].[Cl-].[Zr+2]. The molecule has 2 atom stereocenters. The van der Waals surface area contributed by atoms with Gasteiger partial charge in [0.05, 0.1) is 0 Å². The van der Waals surface area contributed by atoms with Crippen LogP contribution < -0.4 is 24.8 Å². The first-order valence-corrected chi connectivity index (χ1v) is 10.0. The van der Waals surface area contributed by atoms with Crippen LogP contribution in [0.15, 0.2) is 65.8 Å². The van der Waals surface area contributed by atoms with E-state index in [1.54, 1.807) is 16.7 Å². The maximum absolute atomic E-state index is 2.59. The third-order valence-electron chi connectivity index (χ3n) is 7.04. The van der Waals surface area contributed by atoms with Crippen molar-refractivity contribution in [3.05, 3.63) is 82.5 Å². The monoisotopic (exact) mass is 500 g/mol. The molecule has 0 spiro atoms. The Morgan fingerprint density at radius 2 is 1.62 bits per heavy atom. The van der Waals surface area contributed by atoms with E-state index in [-0.39, 0.29) is 61.8 Å². The Bertz CT molecular complexity index is 980. The van der Waals surface area contributed by atoms with Gasteiger partial charge in [-0.05, 0) is 58.1 Å². The second-order valence-electron chi connectivity index (χ2n) is 9.65.